The van der Waals surface area contributed by atoms with Crippen molar-refractivity contribution in [2.24, 2.45) is 0 Å². The first-order chi connectivity index (χ1) is 8.52. The van der Waals surface area contributed by atoms with Crippen molar-refractivity contribution < 1.29 is 9.59 Å². The predicted molar refractivity (Wildman–Crippen MR) is 66.5 cm³/mol. The highest BCUT2D eigenvalue weighted by Crippen LogP contribution is 2.09. The number of nitriles is 1. The van der Waals surface area contributed by atoms with Crippen LogP contribution in [-0.4, -0.2) is 60.9 Å². The second kappa shape index (κ2) is 6.97. The van der Waals surface area contributed by atoms with Crippen LogP contribution in [0.1, 0.15) is 19.8 Å². The number of hydrogen-bond donors (Lipinski definition) is 1. The maximum absolute atomic E-state index is 11.8. The summed E-state index contributed by atoms with van der Waals surface area (Å²) in [5.41, 5.74) is 0. The van der Waals surface area contributed by atoms with E-state index in [1.165, 1.54) is 6.92 Å². The van der Waals surface area contributed by atoms with E-state index in [0.717, 1.165) is 19.5 Å². The maximum Gasteiger partial charge on any atom is 0.236 e. The van der Waals surface area contributed by atoms with Crippen LogP contribution in [0.3, 0.4) is 0 Å². The SMILES string of the molecule is CC(=O)NC1CCN(CC(=O)N(C)CCC#N)C1. The Hall–Kier alpha value is -1.61. The van der Waals surface area contributed by atoms with E-state index >= 15 is 0 Å². The molecular formula is C12H20N4O2. The van der Waals surface area contributed by atoms with Gasteiger partial charge in [0.25, 0.3) is 0 Å². The molecule has 6 nitrogen and oxygen atoms in total. The van der Waals surface area contributed by atoms with Gasteiger partial charge in [0.1, 0.15) is 0 Å². The van der Waals surface area contributed by atoms with Gasteiger partial charge < -0.3 is 10.2 Å². The Morgan fingerprint density at radius 2 is 2.28 bits per heavy atom. The van der Waals surface area contributed by atoms with Gasteiger partial charge in [-0.15, -0.1) is 0 Å². The summed E-state index contributed by atoms with van der Waals surface area (Å²) in [6.45, 7) is 3.87. The van der Waals surface area contributed by atoms with Crippen molar-refractivity contribution in [3.8, 4) is 6.07 Å². The zero-order chi connectivity index (χ0) is 13.5. The van der Waals surface area contributed by atoms with Crippen LogP contribution in [0.2, 0.25) is 0 Å². The normalized spacial score (nSPS) is 19.3. The Morgan fingerprint density at radius 1 is 1.56 bits per heavy atom. The summed E-state index contributed by atoms with van der Waals surface area (Å²) in [7, 11) is 1.71. The summed E-state index contributed by atoms with van der Waals surface area (Å²) in [6.07, 6.45) is 1.24. The first-order valence-corrected chi connectivity index (χ1v) is 6.13. The summed E-state index contributed by atoms with van der Waals surface area (Å²) in [5.74, 6) is -0.00644. The van der Waals surface area contributed by atoms with E-state index in [1.807, 2.05) is 11.0 Å². The molecule has 6 heteroatoms. The molecule has 0 aliphatic carbocycles. The topological polar surface area (TPSA) is 76.4 Å². The number of amides is 2. The molecule has 1 atom stereocenters. The van der Waals surface area contributed by atoms with E-state index < -0.39 is 0 Å². The molecule has 1 aliphatic rings. The van der Waals surface area contributed by atoms with Crippen LogP contribution in [0.25, 0.3) is 0 Å². The molecule has 1 fully saturated rings. The van der Waals surface area contributed by atoms with Crippen molar-refractivity contribution in [3.05, 3.63) is 0 Å². The third-order valence-corrected chi connectivity index (χ3v) is 3.02. The summed E-state index contributed by atoms with van der Waals surface area (Å²) in [5, 5.41) is 11.3. The van der Waals surface area contributed by atoms with E-state index in [-0.39, 0.29) is 17.9 Å². The van der Waals surface area contributed by atoms with Gasteiger partial charge in [0, 0.05) is 39.6 Å². The molecule has 1 aliphatic heterocycles. The number of carbonyl (C=O) groups excluding carboxylic acids is 2. The maximum atomic E-state index is 11.8. The highest BCUT2D eigenvalue weighted by Gasteiger charge is 2.25. The van der Waals surface area contributed by atoms with Crippen LogP contribution in [0.4, 0.5) is 0 Å². The molecule has 1 heterocycles. The molecule has 0 bridgehead atoms. The molecule has 18 heavy (non-hydrogen) atoms. The fourth-order valence-electron chi connectivity index (χ4n) is 2.04. The average Bonchev–Trinajstić information content (AvgIpc) is 2.72. The van der Waals surface area contributed by atoms with Crippen molar-refractivity contribution in [2.45, 2.75) is 25.8 Å². The van der Waals surface area contributed by atoms with Gasteiger partial charge in [0.15, 0.2) is 0 Å². The van der Waals surface area contributed by atoms with Crippen molar-refractivity contribution >= 4 is 11.8 Å². The number of nitrogens with zero attached hydrogens (tertiary/aromatic N) is 3. The Kier molecular flexibility index (Phi) is 5.59. The van der Waals surface area contributed by atoms with Crippen LogP contribution < -0.4 is 5.32 Å². The van der Waals surface area contributed by atoms with E-state index in [1.54, 1.807) is 11.9 Å². The van der Waals surface area contributed by atoms with Crippen molar-refractivity contribution in [2.75, 3.05) is 33.2 Å². The molecular weight excluding hydrogens is 232 g/mol. The van der Waals surface area contributed by atoms with Crippen molar-refractivity contribution in [3.63, 3.8) is 0 Å². The summed E-state index contributed by atoms with van der Waals surface area (Å²) >= 11 is 0. The molecule has 0 spiro atoms. The number of hydrogen-bond acceptors (Lipinski definition) is 4. The zero-order valence-electron chi connectivity index (χ0n) is 11.0. The van der Waals surface area contributed by atoms with Gasteiger partial charge in [-0.05, 0) is 6.42 Å². The monoisotopic (exact) mass is 252 g/mol. The van der Waals surface area contributed by atoms with Gasteiger partial charge in [-0.25, -0.2) is 0 Å². The first kappa shape index (κ1) is 14.5. The fraction of sp³-hybridized carbons (Fsp3) is 0.750. The lowest BCUT2D eigenvalue weighted by atomic mass is 10.3. The molecule has 100 valence electrons. The summed E-state index contributed by atoms with van der Waals surface area (Å²) in [4.78, 5) is 26.4. The molecule has 0 radical (unpaired) electrons. The van der Waals surface area contributed by atoms with Crippen LogP contribution in [0.15, 0.2) is 0 Å². The largest absolute Gasteiger partial charge is 0.352 e. The second-order valence-corrected chi connectivity index (χ2v) is 4.64. The van der Waals surface area contributed by atoms with Gasteiger partial charge in [-0.1, -0.05) is 0 Å². The number of likely N-dealkylation sites (tertiary alicyclic amines) is 1. The van der Waals surface area contributed by atoms with Crippen LogP contribution >= 0.6 is 0 Å². The number of nitrogens with one attached hydrogen (secondary N) is 1. The van der Waals surface area contributed by atoms with E-state index in [2.05, 4.69) is 5.32 Å². The Morgan fingerprint density at radius 3 is 2.89 bits per heavy atom. The second-order valence-electron chi connectivity index (χ2n) is 4.64. The van der Waals surface area contributed by atoms with Crippen molar-refractivity contribution in [1.82, 2.24) is 15.1 Å². The fourth-order valence-corrected chi connectivity index (χ4v) is 2.04. The van der Waals surface area contributed by atoms with E-state index in [9.17, 15) is 9.59 Å². The molecule has 2 amide bonds. The van der Waals surface area contributed by atoms with Gasteiger partial charge in [-0.2, -0.15) is 5.26 Å². The molecule has 0 aromatic carbocycles. The molecule has 0 saturated carbocycles. The highest BCUT2D eigenvalue weighted by molar-refractivity contribution is 5.78. The van der Waals surface area contributed by atoms with E-state index in [4.69, 9.17) is 5.26 Å². The van der Waals surface area contributed by atoms with Gasteiger partial charge in [-0.3, -0.25) is 14.5 Å². The minimum absolute atomic E-state index is 0.0220. The predicted octanol–water partition coefficient (Wildman–Crippen LogP) is -0.431. The van der Waals surface area contributed by atoms with Crippen LogP contribution in [0, 0.1) is 11.3 Å². The van der Waals surface area contributed by atoms with E-state index in [0.29, 0.717) is 19.5 Å². The highest BCUT2D eigenvalue weighted by atomic mass is 16.2. The molecule has 1 unspecified atom stereocenters. The number of rotatable bonds is 5. The standard InChI is InChI=1S/C12H20N4O2/c1-10(17)14-11-4-7-16(8-11)9-12(18)15(2)6-3-5-13/h11H,3-4,6-9H2,1-2H3,(H,14,17). The zero-order valence-corrected chi connectivity index (χ0v) is 11.0. The van der Waals surface area contributed by atoms with Crippen LogP contribution in [-0.2, 0) is 9.59 Å². The number of carbonyl (C=O) groups is 2. The Labute approximate surface area is 108 Å². The van der Waals surface area contributed by atoms with Crippen LogP contribution in [0.5, 0.6) is 0 Å². The minimum atomic E-state index is -0.0284. The first-order valence-electron chi connectivity index (χ1n) is 6.13. The average molecular weight is 252 g/mol. The third kappa shape index (κ3) is 4.72. The van der Waals surface area contributed by atoms with Crippen molar-refractivity contribution in [1.29, 1.82) is 5.26 Å². The minimum Gasteiger partial charge on any atom is -0.352 e. The molecule has 1 saturated heterocycles. The Balaban J connectivity index is 2.29. The Bertz CT molecular complexity index is 350. The molecule has 1 N–H and O–H groups in total. The lowest BCUT2D eigenvalue weighted by Crippen LogP contribution is -2.40. The third-order valence-electron chi connectivity index (χ3n) is 3.02. The smallest absolute Gasteiger partial charge is 0.236 e. The lowest BCUT2D eigenvalue weighted by Gasteiger charge is -2.20. The lowest BCUT2D eigenvalue weighted by molar-refractivity contribution is -0.130. The molecule has 0 aromatic heterocycles. The van der Waals surface area contributed by atoms with Gasteiger partial charge in [0.05, 0.1) is 19.0 Å². The van der Waals surface area contributed by atoms with Gasteiger partial charge >= 0.3 is 0 Å². The molecule has 1 rings (SSSR count). The summed E-state index contributed by atoms with van der Waals surface area (Å²) < 4.78 is 0. The van der Waals surface area contributed by atoms with Gasteiger partial charge in [0.2, 0.25) is 11.8 Å². The summed E-state index contributed by atoms with van der Waals surface area (Å²) in [6, 6.07) is 2.17. The quantitative estimate of drug-likeness (QED) is 0.720. The number of likely N-dealkylation sites (N-methyl/N-ethyl adjacent to an activating group) is 1. The molecule has 0 aromatic rings.